The predicted octanol–water partition coefficient (Wildman–Crippen LogP) is 3.57. The van der Waals surface area contributed by atoms with Gasteiger partial charge in [-0.3, -0.25) is 0 Å². The van der Waals surface area contributed by atoms with Crippen molar-refractivity contribution in [1.29, 1.82) is 0 Å². The van der Waals surface area contributed by atoms with E-state index in [4.69, 9.17) is 4.74 Å². The number of halogens is 3. The maximum Gasteiger partial charge on any atom is 0.416 e. The topological polar surface area (TPSA) is 29.5 Å². The highest BCUT2D eigenvalue weighted by Gasteiger charge is 2.36. The zero-order chi connectivity index (χ0) is 14.8. The standard InChI is InChI=1S/C15H19F3O2/c1-14(7-2-3-8-20-14)13(19)10-11-5-4-6-12(9-11)15(16,17)18/h4-6,9,13,19H,2-3,7-8,10H2,1H3. The van der Waals surface area contributed by atoms with Crippen LogP contribution in [-0.4, -0.2) is 23.4 Å². The molecule has 112 valence electrons. The highest BCUT2D eigenvalue weighted by molar-refractivity contribution is 5.26. The Balaban J connectivity index is 2.09. The molecule has 1 aliphatic rings. The van der Waals surface area contributed by atoms with Crippen molar-refractivity contribution in [3.8, 4) is 0 Å². The van der Waals surface area contributed by atoms with Crippen LogP contribution in [0.2, 0.25) is 0 Å². The molecule has 1 fully saturated rings. The van der Waals surface area contributed by atoms with Gasteiger partial charge in [-0.2, -0.15) is 13.2 Å². The summed E-state index contributed by atoms with van der Waals surface area (Å²) >= 11 is 0. The number of hydrogen-bond acceptors (Lipinski definition) is 2. The lowest BCUT2D eigenvalue weighted by molar-refractivity contribution is -0.138. The molecule has 2 nitrogen and oxygen atoms in total. The van der Waals surface area contributed by atoms with Crippen molar-refractivity contribution in [2.24, 2.45) is 0 Å². The Morgan fingerprint density at radius 2 is 2.10 bits per heavy atom. The van der Waals surface area contributed by atoms with Gasteiger partial charge in [-0.15, -0.1) is 0 Å². The summed E-state index contributed by atoms with van der Waals surface area (Å²) in [6.07, 6.45) is -2.33. The lowest BCUT2D eigenvalue weighted by atomic mass is 9.86. The van der Waals surface area contributed by atoms with Gasteiger partial charge in [0.2, 0.25) is 0 Å². The molecule has 0 saturated carbocycles. The molecule has 0 aliphatic carbocycles. The van der Waals surface area contributed by atoms with Gasteiger partial charge in [0.05, 0.1) is 17.3 Å². The number of hydrogen-bond donors (Lipinski definition) is 1. The largest absolute Gasteiger partial charge is 0.416 e. The Morgan fingerprint density at radius 3 is 2.70 bits per heavy atom. The van der Waals surface area contributed by atoms with Crippen LogP contribution >= 0.6 is 0 Å². The molecule has 0 bridgehead atoms. The molecule has 5 heteroatoms. The number of ether oxygens (including phenoxy) is 1. The van der Waals surface area contributed by atoms with Gasteiger partial charge in [-0.1, -0.05) is 18.2 Å². The zero-order valence-electron chi connectivity index (χ0n) is 11.4. The van der Waals surface area contributed by atoms with E-state index in [1.54, 1.807) is 6.07 Å². The van der Waals surface area contributed by atoms with Gasteiger partial charge in [-0.05, 0) is 37.8 Å². The minimum Gasteiger partial charge on any atom is -0.390 e. The summed E-state index contributed by atoms with van der Waals surface area (Å²) < 4.78 is 43.6. The minimum absolute atomic E-state index is 0.167. The Bertz CT molecular complexity index is 451. The van der Waals surface area contributed by atoms with Crippen molar-refractivity contribution < 1.29 is 23.0 Å². The van der Waals surface area contributed by atoms with Crippen LogP contribution in [0.15, 0.2) is 24.3 Å². The van der Waals surface area contributed by atoms with E-state index in [-0.39, 0.29) is 6.42 Å². The van der Waals surface area contributed by atoms with Crippen LogP contribution in [0.4, 0.5) is 13.2 Å². The fourth-order valence-corrected chi connectivity index (χ4v) is 2.53. The molecule has 20 heavy (non-hydrogen) atoms. The molecule has 0 amide bonds. The third kappa shape index (κ3) is 3.52. The molecule has 2 rings (SSSR count). The van der Waals surface area contributed by atoms with Crippen LogP contribution in [0.5, 0.6) is 0 Å². The van der Waals surface area contributed by atoms with Gasteiger partial charge in [0, 0.05) is 13.0 Å². The minimum atomic E-state index is -4.35. The van der Waals surface area contributed by atoms with Gasteiger partial charge >= 0.3 is 6.18 Å². The summed E-state index contributed by atoms with van der Waals surface area (Å²) in [6, 6.07) is 5.10. The van der Waals surface area contributed by atoms with Gasteiger partial charge in [0.15, 0.2) is 0 Å². The zero-order valence-corrected chi connectivity index (χ0v) is 11.4. The first kappa shape index (κ1) is 15.3. The van der Waals surface area contributed by atoms with E-state index < -0.39 is 23.4 Å². The van der Waals surface area contributed by atoms with Crippen molar-refractivity contribution >= 4 is 0 Å². The lowest BCUT2D eigenvalue weighted by Crippen LogP contribution is -2.45. The van der Waals surface area contributed by atoms with Crippen molar-refractivity contribution in [1.82, 2.24) is 0 Å². The summed E-state index contributed by atoms with van der Waals surface area (Å²) in [5, 5.41) is 10.3. The van der Waals surface area contributed by atoms with E-state index in [9.17, 15) is 18.3 Å². The molecule has 1 heterocycles. The van der Waals surface area contributed by atoms with Crippen LogP contribution in [0.3, 0.4) is 0 Å². The van der Waals surface area contributed by atoms with Crippen LogP contribution in [0.25, 0.3) is 0 Å². The molecular weight excluding hydrogens is 269 g/mol. The first-order chi connectivity index (χ1) is 9.31. The molecule has 1 aliphatic heterocycles. The number of aliphatic hydroxyl groups excluding tert-OH is 1. The van der Waals surface area contributed by atoms with Gasteiger partial charge in [0.1, 0.15) is 0 Å². The van der Waals surface area contributed by atoms with Crippen LogP contribution in [0.1, 0.15) is 37.3 Å². The maximum atomic E-state index is 12.6. The van der Waals surface area contributed by atoms with Crippen molar-refractivity contribution in [2.45, 2.75) is 50.5 Å². The summed E-state index contributed by atoms with van der Waals surface area (Å²) in [7, 11) is 0. The molecule has 0 aromatic heterocycles. The van der Waals surface area contributed by atoms with E-state index in [2.05, 4.69) is 0 Å². The number of benzene rings is 1. The van der Waals surface area contributed by atoms with Crippen LogP contribution in [-0.2, 0) is 17.3 Å². The molecule has 1 aromatic carbocycles. The molecule has 1 N–H and O–H groups in total. The second kappa shape index (κ2) is 5.74. The second-order valence-electron chi connectivity index (χ2n) is 5.54. The normalized spacial score (nSPS) is 25.4. The van der Waals surface area contributed by atoms with E-state index in [0.29, 0.717) is 12.2 Å². The monoisotopic (exact) mass is 288 g/mol. The third-order valence-electron chi connectivity index (χ3n) is 3.89. The Morgan fingerprint density at radius 1 is 1.35 bits per heavy atom. The SMILES string of the molecule is CC1(C(O)Cc2cccc(C(F)(F)F)c2)CCCCO1. The maximum absolute atomic E-state index is 12.6. The van der Waals surface area contributed by atoms with E-state index in [1.165, 1.54) is 6.07 Å². The van der Waals surface area contributed by atoms with Crippen molar-refractivity contribution in [3.05, 3.63) is 35.4 Å². The number of alkyl halides is 3. The third-order valence-corrected chi connectivity index (χ3v) is 3.89. The Hall–Kier alpha value is -1.07. The van der Waals surface area contributed by atoms with E-state index in [0.717, 1.165) is 31.4 Å². The quantitative estimate of drug-likeness (QED) is 0.921. The highest BCUT2D eigenvalue weighted by atomic mass is 19.4. The molecule has 2 unspecified atom stereocenters. The predicted molar refractivity (Wildman–Crippen MR) is 69.4 cm³/mol. The van der Waals surface area contributed by atoms with Crippen molar-refractivity contribution in [2.75, 3.05) is 6.61 Å². The van der Waals surface area contributed by atoms with Crippen LogP contribution < -0.4 is 0 Å². The van der Waals surface area contributed by atoms with Gasteiger partial charge in [0.25, 0.3) is 0 Å². The summed E-state index contributed by atoms with van der Waals surface area (Å²) in [5.74, 6) is 0. The molecule has 0 radical (unpaired) electrons. The Labute approximate surface area is 116 Å². The first-order valence-electron chi connectivity index (χ1n) is 6.79. The van der Waals surface area contributed by atoms with Gasteiger partial charge < -0.3 is 9.84 Å². The average molecular weight is 288 g/mol. The Kier molecular flexibility index (Phi) is 4.39. The van der Waals surface area contributed by atoms with E-state index in [1.807, 2.05) is 6.92 Å². The number of aliphatic hydroxyl groups is 1. The fourth-order valence-electron chi connectivity index (χ4n) is 2.53. The second-order valence-corrected chi connectivity index (χ2v) is 5.54. The summed E-state index contributed by atoms with van der Waals surface area (Å²) in [5.41, 5.74) is -0.869. The summed E-state index contributed by atoms with van der Waals surface area (Å²) in [6.45, 7) is 2.42. The molecule has 2 atom stereocenters. The summed E-state index contributed by atoms with van der Waals surface area (Å²) in [4.78, 5) is 0. The molecular formula is C15H19F3O2. The number of rotatable bonds is 3. The first-order valence-corrected chi connectivity index (χ1v) is 6.79. The fraction of sp³-hybridized carbons (Fsp3) is 0.600. The lowest BCUT2D eigenvalue weighted by Gasteiger charge is -2.38. The molecule has 1 saturated heterocycles. The molecule has 1 aromatic rings. The van der Waals surface area contributed by atoms with Gasteiger partial charge in [-0.25, -0.2) is 0 Å². The highest BCUT2D eigenvalue weighted by Crippen LogP contribution is 2.32. The molecule has 0 spiro atoms. The van der Waals surface area contributed by atoms with E-state index >= 15 is 0 Å². The van der Waals surface area contributed by atoms with Crippen LogP contribution in [0, 0.1) is 0 Å². The average Bonchev–Trinajstić information content (AvgIpc) is 2.39. The van der Waals surface area contributed by atoms with Crippen molar-refractivity contribution in [3.63, 3.8) is 0 Å². The smallest absolute Gasteiger partial charge is 0.390 e.